The minimum atomic E-state index is -0.488. The largest absolute Gasteiger partial charge is 0.484 e. The van der Waals surface area contributed by atoms with Gasteiger partial charge in [0.25, 0.3) is 5.91 Å². The number of aliphatic imine (C=N–C) groups is 1. The topological polar surface area (TPSA) is 88.7 Å². The van der Waals surface area contributed by atoms with Gasteiger partial charge >= 0.3 is 0 Å². The highest BCUT2D eigenvalue weighted by Crippen LogP contribution is 2.22. The predicted octanol–water partition coefficient (Wildman–Crippen LogP) is 3.18. The van der Waals surface area contributed by atoms with Crippen LogP contribution in [0, 0.1) is 5.41 Å². The first-order valence-electron chi connectivity index (χ1n) is 9.96. The van der Waals surface area contributed by atoms with Gasteiger partial charge in [0, 0.05) is 25.2 Å². The standard InChI is InChI=1S/C23H31ClN4O2/c1-23(2,14-18-5-4-6-19(24)13-18)16-28-22(26-3)27-12-11-17-7-9-20(10-8-17)30-15-21(25)29/h4-10,13H,11-12,14-16H2,1-3H3,(H2,25,29)(H2,26,27,28). The number of guanidine groups is 1. The molecule has 1 amide bonds. The molecule has 4 N–H and O–H groups in total. The van der Waals surface area contributed by atoms with Crippen LogP contribution in [0.2, 0.25) is 5.02 Å². The third-order valence-electron chi connectivity index (χ3n) is 4.54. The Morgan fingerprint density at radius 1 is 1.13 bits per heavy atom. The van der Waals surface area contributed by atoms with Crippen molar-refractivity contribution in [2.45, 2.75) is 26.7 Å². The lowest BCUT2D eigenvalue weighted by atomic mass is 9.86. The molecule has 0 unspecified atom stereocenters. The Kier molecular flexibility index (Phi) is 8.99. The van der Waals surface area contributed by atoms with Gasteiger partial charge < -0.3 is 21.1 Å². The van der Waals surface area contributed by atoms with Crippen molar-refractivity contribution in [3.8, 4) is 5.75 Å². The van der Waals surface area contributed by atoms with E-state index in [4.69, 9.17) is 22.1 Å². The molecule has 0 aromatic heterocycles. The summed E-state index contributed by atoms with van der Waals surface area (Å²) < 4.78 is 5.27. The number of rotatable bonds is 10. The molecule has 0 aliphatic heterocycles. The zero-order valence-corrected chi connectivity index (χ0v) is 18.6. The molecule has 0 saturated heterocycles. The van der Waals surface area contributed by atoms with Crippen molar-refractivity contribution in [1.82, 2.24) is 10.6 Å². The number of hydrogen-bond donors (Lipinski definition) is 3. The molecule has 7 heteroatoms. The average Bonchev–Trinajstić information content (AvgIpc) is 2.69. The smallest absolute Gasteiger partial charge is 0.255 e. The van der Waals surface area contributed by atoms with Crippen LogP contribution in [0.4, 0.5) is 0 Å². The minimum Gasteiger partial charge on any atom is -0.484 e. The number of carbonyl (C=O) groups is 1. The quantitative estimate of drug-likeness (QED) is 0.399. The Labute approximate surface area is 183 Å². The van der Waals surface area contributed by atoms with Gasteiger partial charge in [-0.1, -0.05) is 49.7 Å². The molecular formula is C23H31ClN4O2. The summed E-state index contributed by atoms with van der Waals surface area (Å²) in [5.41, 5.74) is 7.50. The van der Waals surface area contributed by atoms with Crippen LogP contribution in [-0.4, -0.2) is 38.6 Å². The molecule has 0 spiro atoms. The van der Waals surface area contributed by atoms with Crippen molar-refractivity contribution >= 4 is 23.5 Å². The fourth-order valence-corrected chi connectivity index (χ4v) is 3.25. The summed E-state index contributed by atoms with van der Waals surface area (Å²) >= 11 is 6.10. The Balaban J connectivity index is 1.75. The molecule has 0 saturated carbocycles. The first kappa shape index (κ1) is 23.5. The number of nitrogens with zero attached hydrogens (tertiary/aromatic N) is 1. The maximum absolute atomic E-state index is 10.8. The fraction of sp³-hybridized carbons (Fsp3) is 0.391. The van der Waals surface area contributed by atoms with E-state index in [1.807, 2.05) is 42.5 Å². The second kappa shape index (κ2) is 11.5. The lowest BCUT2D eigenvalue weighted by Crippen LogP contribution is -2.43. The van der Waals surface area contributed by atoms with Gasteiger partial charge in [0.05, 0.1) is 0 Å². The summed E-state index contributed by atoms with van der Waals surface area (Å²) in [7, 11) is 1.77. The number of nitrogens with one attached hydrogen (secondary N) is 2. The van der Waals surface area contributed by atoms with Gasteiger partial charge in [0.2, 0.25) is 0 Å². The second-order valence-electron chi connectivity index (χ2n) is 7.97. The molecule has 162 valence electrons. The van der Waals surface area contributed by atoms with E-state index in [1.54, 1.807) is 7.05 Å². The van der Waals surface area contributed by atoms with Crippen LogP contribution in [0.3, 0.4) is 0 Å². The molecule has 2 rings (SSSR count). The van der Waals surface area contributed by atoms with Gasteiger partial charge in [0.1, 0.15) is 5.75 Å². The summed E-state index contributed by atoms with van der Waals surface area (Å²) in [6, 6.07) is 15.6. The molecular weight excluding hydrogens is 400 g/mol. The maximum atomic E-state index is 10.8. The number of ether oxygens (including phenoxy) is 1. The van der Waals surface area contributed by atoms with Crippen LogP contribution in [0.5, 0.6) is 5.75 Å². The van der Waals surface area contributed by atoms with E-state index in [-0.39, 0.29) is 12.0 Å². The Hall–Kier alpha value is -2.73. The van der Waals surface area contributed by atoms with Gasteiger partial charge in [-0.2, -0.15) is 0 Å². The van der Waals surface area contributed by atoms with E-state index in [9.17, 15) is 4.79 Å². The molecule has 2 aromatic rings. The summed E-state index contributed by atoms with van der Waals surface area (Å²) in [6.45, 7) is 5.85. The highest BCUT2D eigenvalue weighted by atomic mass is 35.5. The first-order valence-corrected chi connectivity index (χ1v) is 10.3. The second-order valence-corrected chi connectivity index (χ2v) is 8.41. The summed E-state index contributed by atoms with van der Waals surface area (Å²) in [5, 5.41) is 7.52. The lowest BCUT2D eigenvalue weighted by Gasteiger charge is -2.26. The molecule has 0 bridgehead atoms. The average molecular weight is 431 g/mol. The Morgan fingerprint density at radius 2 is 1.87 bits per heavy atom. The van der Waals surface area contributed by atoms with Crippen LogP contribution in [-0.2, 0) is 17.6 Å². The van der Waals surface area contributed by atoms with Crippen molar-refractivity contribution in [3.63, 3.8) is 0 Å². The lowest BCUT2D eigenvalue weighted by molar-refractivity contribution is -0.119. The molecule has 0 heterocycles. The van der Waals surface area contributed by atoms with E-state index < -0.39 is 5.91 Å². The molecule has 30 heavy (non-hydrogen) atoms. The van der Waals surface area contributed by atoms with Crippen LogP contribution in [0.15, 0.2) is 53.5 Å². The first-order chi connectivity index (χ1) is 14.3. The number of benzene rings is 2. The summed E-state index contributed by atoms with van der Waals surface area (Å²) in [4.78, 5) is 15.1. The Morgan fingerprint density at radius 3 is 2.50 bits per heavy atom. The van der Waals surface area contributed by atoms with E-state index >= 15 is 0 Å². The summed E-state index contributed by atoms with van der Waals surface area (Å²) in [6.07, 6.45) is 1.75. The number of hydrogen-bond acceptors (Lipinski definition) is 3. The molecule has 2 aromatic carbocycles. The van der Waals surface area contributed by atoms with Gasteiger partial charge in [-0.3, -0.25) is 9.79 Å². The molecule has 0 atom stereocenters. The molecule has 0 fully saturated rings. The third kappa shape index (κ3) is 8.74. The number of nitrogens with two attached hydrogens (primary N) is 1. The van der Waals surface area contributed by atoms with E-state index in [2.05, 4.69) is 35.5 Å². The minimum absolute atomic E-state index is 0.0447. The van der Waals surface area contributed by atoms with Crippen molar-refractivity contribution in [2.24, 2.45) is 16.1 Å². The highest BCUT2D eigenvalue weighted by molar-refractivity contribution is 6.30. The fourth-order valence-electron chi connectivity index (χ4n) is 3.04. The zero-order chi connectivity index (χ0) is 22.0. The van der Waals surface area contributed by atoms with Crippen LogP contribution in [0.1, 0.15) is 25.0 Å². The summed E-state index contributed by atoms with van der Waals surface area (Å²) in [5.74, 6) is 0.915. The van der Waals surface area contributed by atoms with E-state index in [0.29, 0.717) is 5.75 Å². The predicted molar refractivity (Wildman–Crippen MR) is 123 cm³/mol. The van der Waals surface area contributed by atoms with Gasteiger partial charge in [-0.15, -0.1) is 0 Å². The molecule has 6 nitrogen and oxygen atoms in total. The number of amides is 1. The van der Waals surface area contributed by atoms with Crippen LogP contribution in [0.25, 0.3) is 0 Å². The number of carbonyl (C=O) groups excluding carboxylic acids is 1. The monoisotopic (exact) mass is 430 g/mol. The normalized spacial score (nSPS) is 11.8. The molecule has 0 aliphatic rings. The van der Waals surface area contributed by atoms with Crippen molar-refractivity contribution < 1.29 is 9.53 Å². The van der Waals surface area contributed by atoms with Gasteiger partial charge in [-0.25, -0.2) is 0 Å². The van der Waals surface area contributed by atoms with Gasteiger partial charge in [0.15, 0.2) is 12.6 Å². The molecule has 0 aliphatic carbocycles. The Bertz CT molecular complexity index is 851. The van der Waals surface area contributed by atoms with Crippen LogP contribution < -0.4 is 21.1 Å². The molecule has 0 radical (unpaired) electrons. The number of halogens is 1. The van der Waals surface area contributed by atoms with E-state index in [0.717, 1.165) is 42.5 Å². The van der Waals surface area contributed by atoms with Gasteiger partial charge in [-0.05, 0) is 53.6 Å². The third-order valence-corrected chi connectivity index (χ3v) is 4.78. The number of primary amides is 1. The zero-order valence-electron chi connectivity index (χ0n) is 17.9. The van der Waals surface area contributed by atoms with Crippen molar-refractivity contribution in [2.75, 3.05) is 26.7 Å². The SMILES string of the molecule is CN=C(NCCc1ccc(OCC(N)=O)cc1)NCC(C)(C)Cc1cccc(Cl)c1. The maximum Gasteiger partial charge on any atom is 0.255 e. The van der Waals surface area contributed by atoms with E-state index in [1.165, 1.54) is 5.56 Å². The highest BCUT2D eigenvalue weighted by Gasteiger charge is 2.19. The van der Waals surface area contributed by atoms with Crippen molar-refractivity contribution in [1.29, 1.82) is 0 Å². The van der Waals surface area contributed by atoms with Crippen LogP contribution >= 0.6 is 11.6 Å². The van der Waals surface area contributed by atoms with Crippen molar-refractivity contribution in [3.05, 3.63) is 64.7 Å².